The van der Waals surface area contributed by atoms with Gasteiger partial charge in [-0.15, -0.1) is 0 Å². The highest BCUT2D eigenvalue weighted by Gasteiger charge is 2.39. The zero-order valence-corrected chi connectivity index (χ0v) is 9.80. The van der Waals surface area contributed by atoms with Gasteiger partial charge in [-0.2, -0.15) is 0 Å². The Balaban J connectivity index is 1.66. The van der Waals surface area contributed by atoms with Crippen molar-refractivity contribution < 1.29 is 4.74 Å². The number of para-hydroxylation sites is 1. The monoisotopic (exact) mass is 217 g/mol. The molecule has 2 heterocycles. The minimum atomic E-state index is 0.427. The molecule has 0 aliphatic carbocycles. The predicted molar refractivity (Wildman–Crippen MR) is 64.7 cm³/mol. The van der Waals surface area contributed by atoms with Gasteiger partial charge < -0.3 is 9.64 Å². The first kappa shape index (κ1) is 10.2. The minimum Gasteiger partial charge on any atom is -0.490 e. The second-order valence-corrected chi connectivity index (χ2v) is 5.07. The van der Waals surface area contributed by atoms with Gasteiger partial charge >= 0.3 is 0 Å². The maximum atomic E-state index is 6.06. The number of hydrogen-bond acceptors (Lipinski definition) is 2. The molecular formula is C14H19NO. The summed E-state index contributed by atoms with van der Waals surface area (Å²) in [6, 6.07) is 11.7. The van der Waals surface area contributed by atoms with Crippen LogP contribution in [0.3, 0.4) is 0 Å². The fraction of sp³-hybridized carbons (Fsp3) is 0.571. The first-order chi connectivity index (χ1) is 7.83. The van der Waals surface area contributed by atoms with E-state index in [1.165, 1.54) is 25.7 Å². The Morgan fingerprint density at radius 1 is 1.06 bits per heavy atom. The molecule has 0 amide bonds. The van der Waals surface area contributed by atoms with Crippen molar-refractivity contribution in [3.05, 3.63) is 30.3 Å². The van der Waals surface area contributed by atoms with Crippen LogP contribution >= 0.6 is 0 Å². The number of hydrogen-bond donors (Lipinski definition) is 0. The third kappa shape index (κ3) is 1.82. The van der Waals surface area contributed by atoms with E-state index in [-0.39, 0.29) is 0 Å². The molecule has 0 radical (unpaired) electrons. The van der Waals surface area contributed by atoms with Gasteiger partial charge in [-0.1, -0.05) is 18.2 Å². The lowest BCUT2D eigenvalue weighted by Crippen LogP contribution is -2.43. The topological polar surface area (TPSA) is 12.5 Å². The van der Waals surface area contributed by atoms with Crippen molar-refractivity contribution in [3.8, 4) is 5.75 Å². The van der Waals surface area contributed by atoms with Gasteiger partial charge in [0.05, 0.1) is 0 Å². The van der Waals surface area contributed by atoms with E-state index in [0.29, 0.717) is 6.10 Å². The van der Waals surface area contributed by atoms with Crippen molar-refractivity contribution in [2.24, 2.45) is 0 Å². The molecule has 3 rings (SSSR count). The summed E-state index contributed by atoms with van der Waals surface area (Å²) < 4.78 is 6.06. The van der Waals surface area contributed by atoms with E-state index < -0.39 is 0 Å². The van der Waals surface area contributed by atoms with Crippen LogP contribution in [0.4, 0.5) is 0 Å². The van der Waals surface area contributed by atoms with E-state index in [2.05, 4.69) is 24.1 Å². The Bertz CT molecular complexity index is 337. The molecule has 0 N–H and O–H groups in total. The molecule has 0 aromatic heterocycles. The van der Waals surface area contributed by atoms with Crippen LogP contribution in [-0.4, -0.2) is 30.1 Å². The Hall–Kier alpha value is -1.02. The predicted octanol–water partition coefficient (Wildman–Crippen LogP) is 2.69. The van der Waals surface area contributed by atoms with Crippen LogP contribution in [0.15, 0.2) is 30.3 Å². The maximum Gasteiger partial charge on any atom is 0.119 e. The second-order valence-electron chi connectivity index (χ2n) is 5.07. The Kier molecular flexibility index (Phi) is 2.60. The maximum absolute atomic E-state index is 6.06. The molecule has 2 bridgehead atoms. The highest BCUT2D eigenvalue weighted by atomic mass is 16.5. The number of benzene rings is 1. The molecule has 2 heteroatoms. The molecule has 1 aromatic rings. The van der Waals surface area contributed by atoms with Crippen LogP contribution in [-0.2, 0) is 0 Å². The van der Waals surface area contributed by atoms with Gasteiger partial charge in [0.1, 0.15) is 11.9 Å². The number of fused-ring (bicyclic) bond motifs is 2. The molecule has 2 nitrogen and oxygen atoms in total. The molecule has 1 aromatic carbocycles. The minimum absolute atomic E-state index is 0.427. The lowest BCUT2D eigenvalue weighted by Gasteiger charge is -2.36. The summed E-state index contributed by atoms with van der Waals surface area (Å²) in [5.74, 6) is 1.02. The second kappa shape index (κ2) is 4.10. The van der Waals surface area contributed by atoms with Crippen LogP contribution in [0.25, 0.3) is 0 Å². The molecule has 2 aliphatic rings. The average Bonchev–Trinajstić information content (AvgIpc) is 2.54. The molecule has 2 fully saturated rings. The fourth-order valence-electron chi connectivity index (χ4n) is 3.15. The van der Waals surface area contributed by atoms with Gasteiger partial charge in [-0.3, -0.25) is 0 Å². The van der Waals surface area contributed by atoms with Crippen LogP contribution < -0.4 is 4.74 Å². The summed E-state index contributed by atoms with van der Waals surface area (Å²) in [5, 5.41) is 0. The number of nitrogens with zero attached hydrogens (tertiary/aromatic N) is 1. The van der Waals surface area contributed by atoms with Crippen molar-refractivity contribution >= 4 is 0 Å². The van der Waals surface area contributed by atoms with Gasteiger partial charge in [-0.25, -0.2) is 0 Å². The summed E-state index contributed by atoms with van der Waals surface area (Å²) in [6.07, 6.45) is 5.53. The van der Waals surface area contributed by atoms with Crippen LogP contribution in [0.1, 0.15) is 25.7 Å². The first-order valence-corrected chi connectivity index (χ1v) is 6.26. The van der Waals surface area contributed by atoms with Crippen molar-refractivity contribution in [3.63, 3.8) is 0 Å². The van der Waals surface area contributed by atoms with E-state index in [1.54, 1.807) is 0 Å². The van der Waals surface area contributed by atoms with Gasteiger partial charge in [0.15, 0.2) is 0 Å². The SMILES string of the molecule is CN1C2CCC1CC(Oc1ccccc1)C2. The molecule has 0 spiro atoms. The van der Waals surface area contributed by atoms with Crippen molar-refractivity contribution in [1.82, 2.24) is 4.90 Å². The third-order valence-electron chi connectivity index (χ3n) is 4.10. The Morgan fingerprint density at radius 2 is 1.69 bits per heavy atom. The molecular weight excluding hydrogens is 198 g/mol. The highest BCUT2D eigenvalue weighted by molar-refractivity contribution is 5.21. The van der Waals surface area contributed by atoms with E-state index in [1.807, 2.05) is 18.2 Å². The van der Waals surface area contributed by atoms with Crippen LogP contribution in [0.5, 0.6) is 5.75 Å². The average molecular weight is 217 g/mol. The van der Waals surface area contributed by atoms with E-state index in [4.69, 9.17) is 4.74 Å². The summed E-state index contributed by atoms with van der Waals surface area (Å²) in [6.45, 7) is 0. The lowest BCUT2D eigenvalue weighted by atomic mass is 10.0. The van der Waals surface area contributed by atoms with Gasteiger partial charge in [-0.05, 0) is 44.9 Å². The lowest BCUT2D eigenvalue weighted by molar-refractivity contribution is 0.0662. The van der Waals surface area contributed by atoms with E-state index in [0.717, 1.165) is 17.8 Å². The molecule has 86 valence electrons. The standard InChI is InChI=1S/C14H19NO/c1-15-11-7-8-12(15)10-14(9-11)16-13-5-3-2-4-6-13/h2-6,11-12,14H,7-10H2,1H3. The zero-order valence-electron chi connectivity index (χ0n) is 9.80. The van der Waals surface area contributed by atoms with Gasteiger partial charge in [0, 0.05) is 12.1 Å². The largest absolute Gasteiger partial charge is 0.490 e. The molecule has 2 unspecified atom stereocenters. The van der Waals surface area contributed by atoms with E-state index in [9.17, 15) is 0 Å². The summed E-state index contributed by atoms with van der Waals surface area (Å²) >= 11 is 0. The molecule has 2 saturated heterocycles. The quantitative estimate of drug-likeness (QED) is 0.755. The fourth-order valence-corrected chi connectivity index (χ4v) is 3.15. The molecule has 2 atom stereocenters. The van der Waals surface area contributed by atoms with Crippen LogP contribution in [0, 0.1) is 0 Å². The van der Waals surface area contributed by atoms with Crippen LogP contribution in [0.2, 0.25) is 0 Å². The van der Waals surface area contributed by atoms with Gasteiger partial charge in [0.2, 0.25) is 0 Å². The summed E-state index contributed by atoms with van der Waals surface area (Å²) in [4.78, 5) is 2.55. The molecule has 0 saturated carbocycles. The van der Waals surface area contributed by atoms with E-state index >= 15 is 0 Å². The number of rotatable bonds is 2. The van der Waals surface area contributed by atoms with Gasteiger partial charge in [0.25, 0.3) is 0 Å². The Morgan fingerprint density at radius 3 is 2.31 bits per heavy atom. The third-order valence-corrected chi connectivity index (χ3v) is 4.10. The summed E-state index contributed by atoms with van der Waals surface area (Å²) in [7, 11) is 2.26. The smallest absolute Gasteiger partial charge is 0.119 e. The first-order valence-electron chi connectivity index (χ1n) is 6.26. The highest BCUT2D eigenvalue weighted by Crippen LogP contribution is 2.35. The number of ether oxygens (including phenoxy) is 1. The Labute approximate surface area is 97.2 Å². The van der Waals surface area contributed by atoms with Crippen molar-refractivity contribution in [2.45, 2.75) is 43.9 Å². The molecule has 2 aliphatic heterocycles. The van der Waals surface area contributed by atoms with Crippen molar-refractivity contribution in [1.29, 1.82) is 0 Å². The normalized spacial score (nSPS) is 33.9. The van der Waals surface area contributed by atoms with Crippen molar-refractivity contribution in [2.75, 3.05) is 7.05 Å². The number of piperidine rings is 1. The zero-order chi connectivity index (χ0) is 11.0. The molecule has 16 heavy (non-hydrogen) atoms. The summed E-state index contributed by atoms with van der Waals surface area (Å²) in [5.41, 5.74) is 0.